The van der Waals surface area contributed by atoms with Gasteiger partial charge >= 0.3 is 0 Å². The Kier molecular flexibility index (Phi) is 5.65. The van der Waals surface area contributed by atoms with Gasteiger partial charge < -0.3 is 15.0 Å². The smallest absolute Gasteiger partial charge is 0.246 e. The minimum Gasteiger partial charge on any atom is -0.372 e. The van der Waals surface area contributed by atoms with E-state index in [1.165, 1.54) is 25.9 Å². The van der Waals surface area contributed by atoms with Crippen LogP contribution in [0.5, 0.6) is 0 Å². The monoisotopic (exact) mass is 214 g/mol. The molecule has 1 aliphatic heterocycles. The number of nitrogens with zero attached hydrogens (tertiary/aromatic N) is 1. The first-order valence-corrected chi connectivity index (χ1v) is 5.82. The Labute approximate surface area is 92.0 Å². The van der Waals surface area contributed by atoms with Crippen molar-refractivity contribution in [1.29, 1.82) is 0 Å². The van der Waals surface area contributed by atoms with Crippen molar-refractivity contribution in [3.8, 4) is 0 Å². The lowest BCUT2D eigenvalue weighted by molar-refractivity contribution is -0.126. The number of likely N-dealkylation sites (tertiary alicyclic amines) is 1. The Morgan fingerprint density at radius 3 is 2.73 bits per heavy atom. The van der Waals surface area contributed by atoms with Crippen molar-refractivity contribution in [3.63, 3.8) is 0 Å². The molecule has 15 heavy (non-hydrogen) atoms. The summed E-state index contributed by atoms with van der Waals surface area (Å²) in [6.45, 7) is 8.01. The zero-order chi connectivity index (χ0) is 11.1. The first-order valence-electron chi connectivity index (χ1n) is 5.82. The highest BCUT2D eigenvalue weighted by Crippen LogP contribution is 2.07. The third-order valence-electron chi connectivity index (χ3n) is 2.58. The van der Waals surface area contributed by atoms with Crippen LogP contribution in [0.2, 0.25) is 0 Å². The van der Waals surface area contributed by atoms with E-state index in [2.05, 4.69) is 10.2 Å². The van der Waals surface area contributed by atoms with Gasteiger partial charge in [0.2, 0.25) is 5.91 Å². The first-order chi connectivity index (χ1) is 7.22. The molecule has 0 radical (unpaired) electrons. The molecule has 0 spiro atoms. The first kappa shape index (κ1) is 12.5. The van der Waals surface area contributed by atoms with Crippen LogP contribution in [-0.2, 0) is 9.53 Å². The molecule has 1 atom stereocenters. The summed E-state index contributed by atoms with van der Waals surface area (Å²) >= 11 is 0. The van der Waals surface area contributed by atoms with Gasteiger partial charge in [0.15, 0.2) is 0 Å². The van der Waals surface area contributed by atoms with Crippen LogP contribution in [0.4, 0.5) is 0 Å². The summed E-state index contributed by atoms with van der Waals surface area (Å²) in [5, 5.41) is 2.94. The SMILES string of the molecule is CCOCC(=O)NC(C)CN1CCCC1. The van der Waals surface area contributed by atoms with Gasteiger partial charge in [-0.05, 0) is 39.8 Å². The summed E-state index contributed by atoms with van der Waals surface area (Å²) in [6, 6.07) is 0.219. The third-order valence-corrected chi connectivity index (χ3v) is 2.58. The lowest BCUT2D eigenvalue weighted by atomic mass is 10.3. The highest BCUT2D eigenvalue weighted by molar-refractivity contribution is 5.77. The Hall–Kier alpha value is -0.610. The summed E-state index contributed by atoms with van der Waals surface area (Å²) < 4.78 is 5.04. The Morgan fingerprint density at radius 2 is 2.13 bits per heavy atom. The highest BCUT2D eigenvalue weighted by atomic mass is 16.5. The number of nitrogens with one attached hydrogen (secondary N) is 1. The fraction of sp³-hybridized carbons (Fsp3) is 0.909. The molecule has 1 N–H and O–H groups in total. The number of ether oxygens (including phenoxy) is 1. The van der Waals surface area contributed by atoms with Crippen LogP contribution in [0.15, 0.2) is 0 Å². The van der Waals surface area contributed by atoms with Gasteiger partial charge in [0.05, 0.1) is 0 Å². The lowest BCUT2D eigenvalue weighted by Gasteiger charge is -2.21. The van der Waals surface area contributed by atoms with Crippen molar-refractivity contribution < 1.29 is 9.53 Å². The van der Waals surface area contributed by atoms with Crippen LogP contribution in [0.25, 0.3) is 0 Å². The molecule has 1 heterocycles. The second-order valence-corrected chi connectivity index (χ2v) is 4.11. The normalized spacial score (nSPS) is 19.1. The number of hydrogen-bond acceptors (Lipinski definition) is 3. The summed E-state index contributed by atoms with van der Waals surface area (Å²) in [7, 11) is 0. The van der Waals surface area contributed by atoms with Crippen molar-refractivity contribution in [2.24, 2.45) is 0 Å². The van der Waals surface area contributed by atoms with Gasteiger partial charge in [-0.2, -0.15) is 0 Å². The fourth-order valence-corrected chi connectivity index (χ4v) is 1.91. The molecular weight excluding hydrogens is 192 g/mol. The largest absolute Gasteiger partial charge is 0.372 e. The molecule has 0 aliphatic carbocycles. The molecule has 0 aromatic rings. The molecule has 4 nitrogen and oxygen atoms in total. The van der Waals surface area contributed by atoms with Gasteiger partial charge in [-0.1, -0.05) is 0 Å². The number of rotatable bonds is 6. The molecule has 88 valence electrons. The number of carbonyl (C=O) groups excluding carboxylic acids is 1. The maximum Gasteiger partial charge on any atom is 0.246 e. The molecular formula is C11H22N2O2. The van der Waals surface area contributed by atoms with Gasteiger partial charge in [0, 0.05) is 19.2 Å². The molecule has 1 rings (SSSR count). The van der Waals surface area contributed by atoms with Gasteiger partial charge in [-0.15, -0.1) is 0 Å². The zero-order valence-electron chi connectivity index (χ0n) is 9.79. The summed E-state index contributed by atoms with van der Waals surface area (Å²) in [5.74, 6) is -0.0106. The summed E-state index contributed by atoms with van der Waals surface area (Å²) in [5.41, 5.74) is 0. The van der Waals surface area contributed by atoms with E-state index in [0.717, 1.165) is 6.54 Å². The maximum atomic E-state index is 11.3. The Bertz CT molecular complexity index is 191. The van der Waals surface area contributed by atoms with E-state index < -0.39 is 0 Å². The highest BCUT2D eigenvalue weighted by Gasteiger charge is 2.15. The Morgan fingerprint density at radius 1 is 1.47 bits per heavy atom. The quantitative estimate of drug-likeness (QED) is 0.705. The van der Waals surface area contributed by atoms with Gasteiger partial charge in [-0.3, -0.25) is 4.79 Å². The van der Waals surface area contributed by atoms with Crippen molar-refractivity contribution >= 4 is 5.91 Å². The summed E-state index contributed by atoms with van der Waals surface area (Å²) in [6.07, 6.45) is 2.58. The minimum absolute atomic E-state index is 0.0106. The molecule has 1 fully saturated rings. The van der Waals surface area contributed by atoms with Gasteiger partial charge in [0.1, 0.15) is 6.61 Å². The predicted molar refractivity (Wildman–Crippen MR) is 59.8 cm³/mol. The van der Waals surface area contributed by atoms with Crippen LogP contribution >= 0.6 is 0 Å². The average Bonchev–Trinajstić information content (AvgIpc) is 2.67. The molecule has 1 amide bonds. The Balaban J connectivity index is 2.11. The molecule has 0 saturated carbocycles. The molecule has 1 saturated heterocycles. The second-order valence-electron chi connectivity index (χ2n) is 4.11. The van der Waals surface area contributed by atoms with Crippen molar-refractivity contribution in [1.82, 2.24) is 10.2 Å². The van der Waals surface area contributed by atoms with Crippen LogP contribution < -0.4 is 5.32 Å². The van der Waals surface area contributed by atoms with Gasteiger partial charge in [-0.25, -0.2) is 0 Å². The van der Waals surface area contributed by atoms with Crippen LogP contribution in [0.3, 0.4) is 0 Å². The third kappa shape index (κ3) is 5.14. The molecule has 0 aromatic heterocycles. The standard InChI is InChI=1S/C11H22N2O2/c1-3-15-9-11(14)12-10(2)8-13-6-4-5-7-13/h10H,3-9H2,1-2H3,(H,12,14). The average molecular weight is 214 g/mol. The van der Waals surface area contributed by atoms with E-state index in [1.54, 1.807) is 0 Å². The van der Waals surface area contributed by atoms with Crippen molar-refractivity contribution in [2.45, 2.75) is 32.7 Å². The minimum atomic E-state index is -0.0106. The van der Waals surface area contributed by atoms with Gasteiger partial charge in [0.25, 0.3) is 0 Å². The van der Waals surface area contributed by atoms with E-state index in [9.17, 15) is 4.79 Å². The summed E-state index contributed by atoms with van der Waals surface area (Å²) in [4.78, 5) is 13.7. The zero-order valence-corrected chi connectivity index (χ0v) is 9.79. The lowest BCUT2D eigenvalue weighted by Crippen LogP contribution is -2.42. The molecule has 4 heteroatoms. The molecule has 1 unspecified atom stereocenters. The van der Waals surface area contributed by atoms with Crippen molar-refractivity contribution in [2.75, 3.05) is 32.8 Å². The molecule has 0 bridgehead atoms. The number of carbonyl (C=O) groups is 1. The molecule has 0 aromatic carbocycles. The predicted octanol–water partition coefficient (Wildman–Crippen LogP) is 0.623. The number of hydrogen-bond donors (Lipinski definition) is 1. The van der Waals surface area contributed by atoms with E-state index in [-0.39, 0.29) is 18.6 Å². The van der Waals surface area contributed by atoms with Crippen LogP contribution in [0, 0.1) is 0 Å². The maximum absolute atomic E-state index is 11.3. The van der Waals surface area contributed by atoms with E-state index in [1.807, 2.05) is 13.8 Å². The van der Waals surface area contributed by atoms with Crippen molar-refractivity contribution in [3.05, 3.63) is 0 Å². The molecule has 1 aliphatic rings. The van der Waals surface area contributed by atoms with Crippen LogP contribution in [-0.4, -0.2) is 49.7 Å². The van der Waals surface area contributed by atoms with E-state index in [4.69, 9.17) is 4.74 Å². The topological polar surface area (TPSA) is 41.6 Å². The van der Waals surface area contributed by atoms with Crippen LogP contribution in [0.1, 0.15) is 26.7 Å². The van der Waals surface area contributed by atoms with E-state index in [0.29, 0.717) is 6.61 Å². The number of amides is 1. The fourth-order valence-electron chi connectivity index (χ4n) is 1.91. The second kappa shape index (κ2) is 6.80. The van der Waals surface area contributed by atoms with E-state index >= 15 is 0 Å².